The summed E-state index contributed by atoms with van der Waals surface area (Å²) in [6.45, 7) is 1.81. The fourth-order valence-corrected chi connectivity index (χ4v) is 1.12. The van der Waals surface area contributed by atoms with E-state index in [0.29, 0.717) is 6.42 Å². The van der Waals surface area contributed by atoms with E-state index in [0.717, 1.165) is 0 Å². The summed E-state index contributed by atoms with van der Waals surface area (Å²) in [5.41, 5.74) is -0.902. The Kier molecular flexibility index (Phi) is 2.21. The van der Waals surface area contributed by atoms with E-state index in [9.17, 15) is 9.59 Å². The lowest BCUT2D eigenvalue weighted by molar-refractivity contribution is -0.159. The Morgan fingerprint density at radius 2 is 2.42 bits per heavy atom. The zero-order valence-electron chi connectivity index (χ0n) is 6.70. The maximum atomic E-state index is 10.8. The minimum Gasteiger partial charge on any atom is -0.465 e. The van der Waals surface area contributed by atoms with Gasteiger partial charge in [0.05, 0.1) is 13.0 Å². The first kappa shape index (κ1) is 8.83. The molecule has 0 amide bonds. The van der Waals surface area contributed by atoms with Gasteiger partial charge in [-0.25, -0.2) is 4.79 Å². The monoisotopic (exact) mass is 174 g/mol. The van der Waals surface area contributed by atoms with Gasteiger partial charge in [-0.2, -0.15) is 0 Å². The summed E-state index contributed by atoms with van der Waals surface area (Å²) in [4.78, 5) is 21.0. The maximum Gasteiger partial charge on any atom is 0.506 e. The second kappa shape index (κ2) is 3.00. The Morgan fingerprint density at radius 1 is 1.75 bits per heavy atom. The SMILES string of the molecule is CC1(OC(=O)O)CCOC(=O)C1. The van der Waals surface area contributed by atoms with Gasteiger partial charge in [0.15, 0.2) is 0 Å². The first-order valence-corrected chi connectivity index (χ1v) is 3.59. The highest BCUT2D eigenvalue weighted by Crippen LogP contribution is 2.24. The number of hydrogen-bond donors (Lipinski definition) is 1. The molecule has 1 atom stereocenters. The second-order valence-corrected chi connectivity index (χ2v) is 2.97. The van der Waals surface area contributed by atoms with Crippen LogP contribution in [0.2, 0.25) is 0 Å². The summed E-state index contributed by atoms with van der Waals surface area (Å²) >= 11 is 0. The van der Waals surface area contributed by atoms with Gasteiger partial charge >= 0.3 is 12.1 Å². The number of hydrogen-bond acceptors (Lipinski definition) is 4. The third kappa shape index (κ3) is 2.11. The maximum absolute atomic E-state index is 10.8. The Labute approximate surface area is 69.3 Å². The summed E-state index contributed by atoms with van der Waals surface area (Å²) in [6, 6.07) is 0. The highest BCUT2D eigenvalue weighted by atomic mass is 16.7. The van der Waals surface area contributed by atoms with Gasteiger partial charge < -0.3 is 14.6 Å². The van der Waals surface area contributed by atoms with Gasteiger partial charge in [-0.15, -0.1) is 0 Å². The third-order valence-corrected chi connectivity index (χ3v) is 1.75. The van der Waals surface area contributed by atoms with Crippen molar-refractivity contribution in [1.29, 1.82) is 0 Å². The molecule has 1 fully saturated rings. The third-order valence-electron chi connectivity index (χ3n) is 1.75. The Hall–Kier alpha value is -1.26. The van der Waals surface area contributed by atoms with Crippen molar-refractivity contribution in [3.8, 4) is 0 Å². The van der Waals surface area contributed by atoms with Crippen LogP contribution >= 0.6 is 0 Å². The van der Waals surface area contributed by atoms with E-state index in [2.05, 4.69) is 9.47 Å². The predicted molar refractivity (Wildman–Crippen MR) is 37.7 cm³/mol. The zero-order chi connectivity index (χ0) is 9.19. The molecule has 0 aliphatic carbocycles. The van der Waals surface area contributed by atoms with Gasteiger partial charge in [0, 0.05) is 6.42 Å². The van der Waals surface area contributed by atoms with Gasteiger partial charge in [-0.05, 0) is 6.92 Å². The normalized spacial score (nSPS) is 29.2. The largest absolute Gasteiger partial charge is 0.506 e. The summed E-state index contributed by atoms with van der Waals surface area (Å²) < 4.78 is 9.21. The second-order valence-electron chi connectivity index (χ2n) is 2.97. The van der Waals surface area contributed by atoms with Crippen LogP contribution < -0.4 is 0 Å². The molecule has 0 aromatic rings. The van der Waals surface area contributed by atoms with Gasteiger partial charge in [-0.1, -0.05) is 0 Å². The van der Waals surface area contributed by atoms with Crippen LogP contribution in [0.3, 0.4) is 0 Å². The molecule has 0 aromatic heterocycles. The molecule has 0 saturated carbocycles. The highest BCUT2D eigenvalue weighted by molar-refractivity contribution is 5.72. The standard InChI is InChI=1S/C7H10O5/c1-7(12-6(9)10)2-3-11-5(8)4-7/h2-4H2,1H3,(H,9,10). The quantitative estimate of drug-likeness (QED) is 0.594. The van der Waals surface area contributed by atoms with Crippen LogP contribution in [0, 0.1) is 0 Å². The molecule has 5 nitrogen and oxygen atoms in total. The van der Waals surface area contributed by atoms with E-state index in [-0.39, 0.29) is 13.0 Å². The fraction of sp³-hybridized carbons (Fsp3) is 0.714. The summed E-state index contributed by atoms with van der Waals surface area (Å²) in [5.74, 6) is -0.412. The summed E-state index contributed by atoms with van der Waals surface area (Å²) in [6.07, 6.45) is -0.933. The van der Waals surface area contributed by atoms with Gasteiger partial charge in [0.1, 0.15) is 5.60 Å². The van der Waals surface area contributed by atoms with Crippen LogP contribution in [0.4, 0.5) is 4.79 Å². The molecule has 0 radical (unpaired) electrons. The number of rotatable bonds is 1. The van der Waals surface area contributed by atoms with E-state index in [1.54, 1.807) is 6.92 Å². The van der Waals surface area contributed by atoms with Crippen molar-refractivity contribution < 1.29 is 24.2 Å². The molecule has 0 bridgehead atoms. The molecule has 1 heterocycles. The van der Waals surface area contributed by atoms with Crippen LogP contribution in [0.25, 0.3) is 0 Å². The molecule has 12 heavy (non-hydrogen) atoms. The minimum absolute atomic E-state index is 0.000694. The van der Waals surface area contributed by atoms with Crippen LogP contribution in [0.15, 0.2) is 0 Å². The molecule has 0 aromatic carbocycles. The summed E-state index contributed by atoms with van der Waals surface area (Å²) in [5, 5.41) is 8.34. The first-order valence-electron chi connectivity index (χ1n) is 3.59. The van der Waals surface area contributed by atoms with Gasteiger partial charge in [-0.3, -0.25) is 4.79 Å². The molecule has 0 spiro atoms. The number of esters is 1. The molecule has 1 aliphatic heterocycles. The lowest BCUT2D eigenvalue weighted by atomic mass is 9.96. The highest BCUT2D eigenvalue weighted by Gasteiger charge is 2.36. The molecular weight excluding hydrogens is 164 g/mol. The number of carbonyl (C=O) groups excluding carboxylic acids is 1. The average Bonchev–Trinajstić information content (AvgIpc) is 1.82. The lowest BCUT2D eigenvalue weighted by Crippen LogP contribution is -2.39. The molecule has 1 rings (SSSR count). The molecule has 68 valence electrons. The first-order chi connectivity index (χ1) is 5.52. The van der Waals surface area contributed by atoms with Crippen molar-refractivity contribution in [2.75, 3.05) is 6.61 Å². The number of carboxylic acid groups (broad SMARTS) is 1. The van der Waals surface area contributed by atoms with E-state index in [4.69, 9.17) is 5.11 Å². The Balaban J connectivity index is 2.57. The van der Waals surface area contributed by atoms with E-state index >= 15 is 0 Å². The molecule has 1 aliphatic rings. The van der Waals surface area contributed by atoms with E-state index in [1.165, 1.54) is 0 Å². The van der Waals surface area contributed by atoms with Crippen molar-refractivity contribution in [3.63, 3.8) is 0 Å². The van der Waals surface area contributed by atoms with Crippen LogP contribution in [0.5, 0.6) is 0 Å². The van der Waals surface area contributed by atoms with Gasteiger partial charge in [0.25, 0.3) is 0 Å². The Bertz CT molecular complexity index is 208. The zero-order valence-corrected chi connectivity index (χ0v) is 6.70. The van der Waals surface area contributed by atoms with Crippen molar-refractivity contribution >= 4 is 12.1 Å². The predicted octanol–water partition coefficient (Wildman–Crippen LogP) is 0.777. The minimum atomic E-state index is -1.35. The van der Waals surface area contributed by atoms with Crippen molar-refractivity contribution in [2.24, 2.45) is 0 Å². The van der Waals surface area contributed by atoms with E-state index in [1.807, 2.05) is 0 Å². The Morgan fingerprint density at radius 3 is 2.92 bits per heavy atom. The number of carbonyl (C=O) groups is 2. The van der Waals surface area contributed by atoms with Gasteiger partial charge in [0.2, 0.25) is 0 Å². The fourth-order valence-electron chi connectivity index (χ4n) is 1.12. The summed E-state index contributed by atoms with van der Waals surface area (Å²) in [7, 11) is 0. The molecule has 1 unspecified atom stereocenters. The molecular formula is C7H10O5. The van der Waals surface area contributed by atoms with Crippen LogP contribution in [-0.2, 0) is 14.3 Å². The molecule has 5 heteroatoms. The lowest BCUT2D eigenvalue weighted by Gasteiger charge is -2.30. The number of cyclic esters (lactones) is 1. The topological polar surface area (TPSA) is 72.8 Å². The van der Waals surface area contributed by atoms with Crippen molar-refractivity contribution in [3.05, 3.63) is 0 Å². The molecule has 1 saturated heterocycles. The van der Waals surface area contributed by atoms with Crippen LogP contribution in [0.1, 0.15) is 19.8 Å². The average molecular weight is 174 g/mol. The van der Waals surface area contributed by atoms with E-state index < -0.39 is 17.7 Å². The van der Waals surface area contributed by atoms with Crippen LogP contribution in [-0.4, -0.2) is 29.4 Å². The molecule has 1 N–H and O–H groups in total. The van der Waals surface area contributed by atoms with Crippen molar-refractivity contribution in [1.82, 2.24) is 0 Å². The smallest absolute Gasteiger partial charge is 0.465 e. The number of ether oxygens (including phenoxy) is 2. The van der Waals surface area contributed by atoms with Crippen molar-refractivity contribution in [2.45, 2.75) is 25.4 Å².